The molecule has 7 nitrogen and oxygen atoms in total. The molecule has 0 saturated carbocycles. The van der Waals surface area contributed by atoms with E-state index in [9.17, 15) is 4.79 Å². The molecule has 0 spiro atoms. The van der Waals surface area contributed by atoms with Gasteiger partial charge in [-0.3, -0.25) is 9.69 Å². The Morgan fingerprint density at radius 1 is 0.966 bits per heavy atom. The van der Waals surface area contributed by atoms with Crippen molar-refractivity contribution >= 4 is 12.0 Å². The van der Waals surface area contributed by atoms with Gasteiger partial charge >= 0.3 is 0 Å². The monoisotopic (exact) mass is 388 g/mol. The summed E-state index contributed by atoms with van der Waals surface area (Å²) in [4.78, 5) is 17.0. The van der Waals surface area contributed by atoms with Gasteiger partial charge in [-0.25, -0.2) is 4.68 Å². The second kappa shape index (κ2) is 9.25. The lowest BCUT2D eigenvalue weighted by Crippen LogP contribution is -2.49. The van der Waals surface area contributed by atoms with Crippen molar-refractivity contribution in [1.29, 1.82) is 0 Å². The maximum absolute atomic E-state index is 12.6. The first-order chi connectivity index (χ1) is 14.3. The first-order valence-electron chi connectivity index (χ1n) is 9.82. The molecule has 0 bridgehead atoms. The van der Waals surface area contributed by atoms with Crippen LogP contribution in [0.5, 0.6) is 0 Å². The molecule has 1 amide bonds. The quantitative estimate of drug-likeness (QED) is 0.647. The van der Waals surface area contributed by atoms with E-state index in [4.69, 9.17) is 0 Å². The van der Waals surface area contributed by atoms with E-state index in [1.807, 2.05) is 47.4 Å². The Morgan fingerprint density at radius 3 is 2.41 bits per heavy atom. The highest BCUT2D eigenvalue weighted by atomic mass is 16.2. The average molecular weight is 388 g/mol. The zero-order valence-corrected chi connectivity index (χ0v) is 16.3. The number of hydrogen-bond acceptors (Lipinski definition) is 5. The number of aromatic nitrogens is 4. The Morgan fingerprint density at radius 2 is 1.72 bits per heavy atom. The molecule has 2 heterocycles. The van der Waals surface area contributed by atoms with E-state index in [1.165, 1.54) is 5.56 Å². The lowest BCUT2D eigenvalue weighted by atomic mass is 10.1. The van der Waals surface area contributed by atoms with Crippen molar-refractivity contribution in [3.05, 3.63) is 78.1 Å². The summed E-state index contributed by atoms with van der Waals surface area (Å²) < 4.78 is 1.59. The lowest BCUT2D eigenvalue weighted by molar-refractivity contribution is -0.132. The molecule has 29 heavy (non-hydrogen) atoms. The molecule has 1 aromatic heterocycles. The number of piperazine rings is 1. The molecule has 3 aromatic rings. The second-order valence-corrected chi connectivity index (χ2v) is 7.09. The third-order valence-corrected chi connectivity index (χ3v) is 5.10. The second-order valence-electron chi connectivity index (χ2n) is 7.09. The van der Waals surface area contributed by atoms with Gasteiger partial charge in [-0.1, -0.05) is 54.6 Å². The van der Waals surface area contributed by atoms with Gasteiger partial charge in [0, 0.05) is 32.7 Å². The molecule has 1 fully saturated rings. The van der Waals surface area contributed by atoms with Crippen LogP contribution < -0.4 is 0 Å². The van der Waals surface area contributed by atoms with Crippen molar-refractivity contribution in [3.8, 4) is 5.69 Å². The summed E-state index contributed by atoms with van der Waals surface area (Å²) in [5.74, 6) is 0.180. The minimum absolute atomic E-state index is 0.180. The molecule has 2 aromatic carbocycles. The molecule has 7 heteroatoms. The van der Waals surface area contributed by atoms with Crippen molar-refractivity contribution in [2.24, 2.45) is 0 Å². The SMILES string of the molecule is O=C(Cc1ccc(-n2cnnn2)cc1)N1CCN(C/C=C/c2ccccc2)CC1. The fraction of sp³-hybridized carbons (Fsp3) is 0.273. The molecule has 0 atom stereocenters. The zero-order chi connectivity index (χ0) is 19.9. The number of amides is 1. The van der Waals surface area contributed by atoms with Gasteiger partial charge < -0.3 is 4.90 Å². The molecule has 4 rings (SSSR count). The highest BCUT2D eigenvalue weighted by Crippen LogP contribution is 2.11. The minimum Gasteiger partial charge on any atom is -0.340 e. The third-order valence-electron chi connectivity index (χ3n) is 5.10. The van der Waals surface area contributed by atoms with Crippen molar-refractivity contribution in [1.82, 2.24) is 30.0 Å². The van der Waals surface area contributed by atoms with Crippen LogP contribution in [0.1, 0.15) is 11.1 Å². The summed E-state index contributed by atoms with van der Waals surface area (Å²) >= 11 is 0. The Bertz CT molecular complexity index is 929. The number of nitrogens with zero attached hydrogens (tertiary/aromatic N) is 6. The number of hydrogen-bond donors (Lipinski definition) is 0. The third kappa shape index (κ3) is 5.14. The van der Waals surface area contributed by atoms with Crippen molar-refractivity contribution in [3.63, 3.8) is 0 Å². The highest BCUT2D eigenvalue weighted by Gasteiger charge is 2.20. The lowest BCUT2D eigenvalue weighted by Gasteiger charge is -2.34. The predicted octanol–water partition coefficient (Wildman–Crippen LogP) is 2.06. The van der Waals surface area contributed by atoms with Gasteiger partial charge in [-0.15, -0.1) is 5.10 Å². The molecular formula is C22H24N6O. The van der Waals surface area contributed by atoms with Crippen LogP contribution in [-0.4, -0.2) is 68.6 Å². The van der Waals surface area contributed by atoms with Gasteiger partial charge in [0.25, 0.3) is 0 Å². The Hall–Kier alpha value is -3.32. The topological polar surface area (TPSA) is 67.2 Å². The summed E-state index contributed by atoms with van der Waals surface area (Å²) in [6.07, 6.45) is 6.31. The number of benzene rings is 2. The van der Waals surface area contributed by atoms with Gasteiger partial charge in [0.2, 0.25) is 5.91 Å². The normalized spacial score (nSPS) is 15.1. The van der Waals surface area contributed by atoms with Gasteiger partial charge in [-0.2, -0.15) is 0 Å². The molecule has 1 aliphatic heterocycles. The number of rotatable bonds is 6. The Balaban J connectivity index is 1.23. The summed E-state index contributed by atoms with van der Waals surface area (Å²) in [5.41, 5.74) is 3.09. The first kappa shape index (κ1) is 19.0. The van der Waals surface area contributed by atoms with E-state index in [1.54, 1.807) is 11.0 Å². The maximum atomic E-state index is 12.6. The molecule has 1 aliphatic rings. The summed E-state index contributed by atoms with van der Waals surface area (Å²) in [6.45, 7) is 4.28. The standard InChI is InChI=1S/C22H24N6O/c29-22(17-20-8-10-21(11-9-20)28-18-23-24-25-28)27-15-13-26(14-16-27)12-4-7-19-5-2-1-3-6-19/h1-11,18H,12-17H2/b7-4+. The van der Waals surface area contributed by atoms with Crippen LogP contribution in [0.4, 0.5) is 0 Å². The number of tetrazole rings is 1. The fourth-order valence-electron chi connectivity index (χ4n) is 3.41. The zero-order valence-electron chi connectivity index (χ0n) is 16.3. The molecule has 0 radical (unpaired) electrons. The summed E-state index contributed by atoms with van der Waals surface area (Å²) in [6, 6.07) is 18.1. The van der Waals surface area contributed by atoms with Gasteiger partial charge in [0.15, 0.2) is 0 Å². The largest absolute Gasteiger partial charge is 0.340 e. The molecule has 0 N–H and O–H groups in total. The van der Waals surface area contributed by atoms with Crippen LogP contribution in [-0.2, 0) is 11.2 Å². The van der Waals surface area contributed by atoms with E-state index < -0.39 is 0 Å². The maximum Gasteiger partial charge on any atom is 0.227 e. The van der Waals surface area contributed by atoms with Crippen LogP contribution in [0.2, 0.25) is 0 Å². The van der Waals surface area contributed by atoms with Gasteiger partial charge in [0.05, 0.1) is 12.1 Å². The Labute approximate surface area is 170 Å². The predicted molar refractivity (Wildman–Crippen MR) is 111 cm³/mol. The van der Waals surface area contributed by atoms with Crippen LogP contribution in [0, 0.1) is 0 Å². The smallest absolute Gasteiger partial charge is 0.227 e. The summed E-state index contributed by atoms with van der Waals surface area (Å²) in [5, 5.41) is 11.1. The van der Waals surface area contributed by atoms with Crippen molar-refractivity contribution in [2.75, 3.05) is 32.7 Å². The minimum atomic E-state index is 0.180. The highest BCUT2D eigenvalue weighted by molar-refractivity contribution is 5.79. The van der Waals surface area contributed by atoms with Gasteiger partial charge in [-0.05, 0) is 33.7 Å². The molecular weight excluding hydrogens is 364 g/mol. The van der Waals surface area contributed by atoms with Gasteiger partial charge in [0.1, 0.15) is 6.33 Å². The molecule has 0 unspecified atom stereocenters. The van der Waals surface area contributed by atoms with Crippen LogP contribution >= 0.6 is 0 Å². The number of carbonyl (C=O) groups is 1. The fourth-order valence-corrected chi connectivity index (χ4v) is 3.41. The van der Waals surface area contributed by atoms with E-state index >= 15 is 0 Å². The number of carbonyl (C=O) groups excluding carboxylic acids is 1. The van der Waals surface area contributed by atoms with E-state index in [0.29, 0.717) is 6.42 Å². The van der Waals surface area contributed by atoms with Crippen LogP contribution in [0.25, 0.3) is 11.8 Å². The van der Waals surface area contributed by atoms with Crippen molar-refractivity contribution < 1.29 is 4.79 Å². The molecule has 148 valence electrons. The van der Waals surface area contributed by atoms with E-state index in [-0.39, 0.29) is 5.91 Å². The van der Waals surface area contributed by atoms with Crippen LogP contribution in [0.3, 0.4) is 0 Å². The van der Waals surface area contributed by atoms with E-state index in [2.05, 4.69) is 44.7 Å². The van der Waals surface area contributed by atoms with Crippen molar-refractivity contribution in [2.45, 2.75) is 6.42 Å². The average Bonchev–Trinajstić information content (AvgIpc) is 3.30. The first-order valence-corrected chi connectivity index (χ1v) is 9.82. The molecule has 1 saturated heterocycles. The van der Waals surface area contributed by atoms with Crippen LogP contribution in [0.15, 0.2) is 67.0 Å². The van der Waals surface area contributed by atoms with E-state index in [0.717, 1.165) is 44.0 Å². The molecule has 0 aliphatic carbocycles. The Kier molecular flexibility index (Phi) is 6.07. The summed E-state index contributed by atoms with van der Waals surface area (Å²) in [7, 11) is 0.